The van der Waals surface area contributed by atoms with Crippen LogP contribution in [0.15, 0.2) is 17.0 Å². The molecule has 3 N–H and O–H groups in total. The van der Waals surface area contributed by atoms with Gasteiger partial charge in [-0.2, -0.15) is 0 Å². The highest BCUT2D eigenvalue weighted by molar-refractivity contribution is 7.89. The van der Waals surface area contributed by atoms with E-state index in [4.69, 9.17) is 5.11 Å². The van der Waals surface area contributed by atoms with E-state index in [1.807, 2.05) is 0 Å². The first-order chi connectivity index (χ1) is 8.97. The highest BCUT2D eigenvalue weighted by Gasteiger charge is 2.32. The largest absolute Gasteiger partial charge is 0.479 e. The van der Waals surface area contributed by atoms with Crippen LogP contribution >= 0.6 is 0 Å². The molecular formula is C11H13F2NO5S. The van der Waals surface area contributed by atoms with Gasteiger partial charge in [-0.15, -0.1) is 0 Å². The molecule has 0 aliphatic rings. The number of carboxylic acid groups (broad SMARTS) is 1. The van der Waals surface area contributed by atoms with Crippen LogP contribution in [0.5, 0.6) is 0 Å². The van der Waals surface area contributed by atoms with E-state index in [9.17, 15) is 27.1 Å². The Morgan fingerprint density at radius 1 is 1.35 bits per heavy atom. The number of aliphatic carboxylic acids is 1. The van der Waals surface area contributed by atoms with Gasteiger partial charge in [0.1, 0.15) is 16.5 Å². The average molecular weight is 309 g/mol. The highest BCUT2D eigenvalue weighted by atomic mass is 32.2. The summed E-state index contributed by atoms with van der Waals surface area (Å²) in [5, 5.41) is 18.0. The molecule has 0 aliphatic carbocycles. The predicted molar refractivity (Wildman–Crippen MR) is 64.5 cm³/mol. The van der Waals surface area contributed by atoms with Gasteiger partial charge in [0.25, 0.3) is 0 Å². The van der Waals surface area contributed by atoms with E-state index in [0.717, 1.165) is 13.0 Å². The fraction of sp³-hybridized carbons (Fsp3) is 0.364. The van der Waals surface area contributed by atoms with Crippen LogP contribution in [0, 0.1) is 18.6 Å². The van der Waals surface area contributed by atoms with E-state index in [0.29, 0.717) is 6.07 Å². The number of carboxylic acids is 1. The van der Waals surface area contributed by atoms with Gasteiger partial charge >= 0.3 is 5.97 Å². The highest BCUT2D eigenvalue weighted by Crippen LogP contribution is 2.19. The number of nitrogens with one attached hydrogen (secondary N) is 1. The van der Waals surface area contributed by atoms with Crippen molar-refractivity contribution in [3.63, 3.8) is 0 Å². The Balaban J connectivity index is 3.07. The van der Waals surface area contributed by atoms with Crippen LogP contribution in [0.2, 0.25) is 0 Å². The molecule has 0 saturated carbocycles. The van der Waals surface area contributed by atoms with Crippen molar-refractivity contribution in [2.45, 2.75) is 24.3 Å². The third kappa shape index (κ3) is 3.50. The van der Waals surface area contributed by atoms with Crippen LogP contribution in [-0.4, -0.2) is 36.7 Å². The van der Waals surface area contributed by atoms with Crippen molar-refractivity contribution in [2.24, 2.45) is 0 Å². The fourth-order valence-corrected chi connectivity index (χ4v) is 2.50. The summed E-state index contributed by atoms with van der Waals surface area (Å²) in [6, 6.07) is 1.20. The second-order valence-electron chi connectivity index (χ2n) is 4.44. The smallest absolute Gasteiger partial charge is 0.336 e. The summed E-state index contributed by atoms with van der Waals surface area (Å²) in [5.74, 6) is -3.86. The third-order valence-electron chi connectivity index (χ3n) is 2.57. The molecule has 0 bridgehead atoms. The topological polar surface area (TPSA) is 104 Å². The fourth-order valence-electron chi connectivity index (χ4n) is 1.23. The van der Waals surface area contributed by atoms with Crippen molar-refractivity contribution < 1.29 is 32.2 Å². The Kier molecular flexibility index (Phi) is 4.47. The minimum Gasteiger partial charge on any atom is -0.479 e. The number of rotatable bonds is 5. The molecule has 1 aromatic carbocycles. The summed E-state index contributed by atoms with van der Waals surface area (Å²) in [6.07, 6.45) is 0. The Morgan fingerprint density at radius 3 is 2.40 bits per heavy atom. The minimum absolute atomic E-state index is 0.0863. The molecule has 0 aromatic heterocycles. The maximum absolute atomic E-state index is 13.5. The van der Waals surface area contributed by atoms with Crippen molar-refractivity contribution in [3.8, 4) is 0 Å². The van der Waals surface area contributed by atoms with Crippen LogP contribution in [0.4, 0.5) is 8.78 Å². The molecule has 0 heterocycles. The lowest BCUT2D eigenvalue weighted by Crippen LogP contribution is -2.46. The van der Waals surface area contributed by atoms with E-state index < -0.39 is 44.7 Å². The van der Waals surface area contributed by atoms with Crippen molar-refractivity contribution in [1.29, 1.82) is 0 Å². The van der Waals surface area contributed by atoms with Gasteiger partial charge < -0.3 is 10.2 Å². The first-order valence-corrected chi connectivity index (χ1v) is 6.87. The number of halogens is 2. The lowest BCUT2D eigenvalue weighted by molar-refractivity contribution is -0.155. The number of carbonyl (C=O) groups is 1. The van der Waals surface area contributed by atoms with Gasteiger partial charge in [0, 0.05) is 6.07 Å². The number of aryl methyl sites for hydroxylation is 1. The molecule has 6 nitrogen and oxygen atoms in total. The second-order valence-corrected chi connectivity index (χ2v) is 6.17. The molecule has 0 saturated heterocycles. The zero-order valence-corrected chi connectivity index (χ0v) is 11.5. The number of hydrogen-bond acceptors (Lipinski definition) is 4. The molecular weight excluding hydrogens is 296 g/mol. The molecule has 1 aromatic rings. The maximum atomic E-state index is 13.5. The Bertz CT molecular complexity index is 642. The average Bonchev–Trinajstić information content (AvgIpc) is 2.31. The molecule has 20 heavy (non-hydrogen) atoms. The Morgan fingerprint density at radius 2 is 1.90 bits per heavy atom. The van der Waals surface area contributed by atoms with E-state index in [-0.39, 0.29) is 5.56 Å². The molecule has 1 unspecified atom stereocenters. The van der Waals surface area contributed by atoms with Crippen LogP contribution in [0.3, 0.4) is 0 Å². The second kappa shape index (κ2) is 5.43. The monoisotopic (exact) mass is 309 g/mol. The maximum Gasteiger partial charge on any atom is 0.336 e. The first-order valence-electron chi connectivity index (χ1n) is 5.38. The number of aliphatic hydroxyl groups is 1. The SMILES string of the molecule is Cc1cc(S(=O)(=O)NCC(C)(O)C(=O)O)c(F)cc1F. The van der Waals surface area contributed by atoms with Crippen molar-refractivity contribution >= 4 is 16.0 Å². The first kappa shape index (κ1) is 16.5. The van der Waals surface area contributed by atoms with Gasteiger partial charge in [0.05, 0.1) is 6.54 Å². The molecule has 0 spiro atoms. The summed E-state index contributed by atoms with van der Waals surface area (Å²) < 4.78 is 51.9. The van der Waals surface area contributed by atoms with E-state index in [2.05, 4.69) is 0 Å². The Hall–Kier alpha value is -1.58. The molecule has 1 rings (SSSR count). The minimum atomic E-state index is -4.41. The van der Waals surface area contributed by atoms with Crippen LogP contribution in [-0.2, 0) is 14.8 Å². The van der Waals surface area contributed by atoms with Crippen molar-refractivity contribution in [3.05, 3.63) is 29.3 Å². The summed E-state index contributed by atoms with van der Waals surface area (Å²) in [4.78, 5) is 9.81. The zero-order valence-electron chi connectivity index (χ0n) is 10.6. The van der Waals surface area contributed by atoms with Crippen LogP contribution in [0.25, 0.3) is 0 Å². The quantitative estimate of drug-likeness (QED) is 0.730. The van der Waals surface area contributed by atoms with E-state index in [1.165, 1.54) is 6.92 Å². The van der Waals surface area contributed by atoms with Crippen LogP contribution in [0.1, 0.15) is 12.5 Å². The predicted octanol–water partition coefficient (Wildman–Crippen LogP) is 0.387. The van der Waals surface area contributed by atoms with Gasteiger partial charge in [0.2, 0.25) is 10.0 Å². The third-order valence-corrected chi connectivity index (χ3v) is 3.99. The van der Waals surface area contributed by atoms with E-state index >= 15 is 0 Å². The standard InChI is InChI=1S/C11H13F2NO5S/c1-6-3-9(8(13)4-7(6)12)20(18,19)14-5-11(2,17)10(15)16/h3-4,14,17H,5H2,1-2H3,(H,15,16). The molecule has 0 amide bonds. The number of hydrogen-bond donors (Lipinski definition) is 3. The van der Waals surface area contributed by atoms with Gasteiger partial charge in [0.15, 0.2) is 5.60 Å². The summed E-state index contributed by atoms with van der Waals surface area (Å²) >= 11 is 0. The van der Waals surface area contributed by atoms with Crippen molar-refractivity contribution in [1.82, 2.24) is 4.72 Å². The molecule has 0 aliphatic heterocycles. The molecule has 9 heteroatoms. The van der Waals surface area contributed by atoms with Gasteiger partial charge in [-0.3, -0.25) is 0 Å². The number of sulfonamides is 1. The van der Waals surface area contributed by atoms with Crippen molar-refractivity contribution in [2.75, 3.05) is 6.54 Å². The lowest BCUT2D eigenvalue weighted by Gasteiger charge is -2.18. The Labute approximate surface area is 114 Å². The lowest BCUT2D eigenvalue weighted by atomic mass is 10.1. The van der Waals surface area contributed by atoms with Crippen LogP contribution < -0.4 is 4.72 Å². The van der Waals surface area contributed by atoms with E-state index in [1.54, 1.807) is 4.72 Å². The number of benzene rings is 1. The normalized spacial score (nSPS) is 14.8. The molecule has 1 atom stereocenters. The zero-order chi connectivity index (χ0) is 15.7. The molecule has 112 valence electrons. The van der Waals surface area contributed by atoms with Gasteiger partial charge in [-0.05, 0) is 25.5 Å². The summed E-state index contributed by atoms with van der Waals surface area (Å²) in [7, 11) is -4.41. The molecule has 0 fully saturated rings. The summed E-state index contributed by atoms with van der Waals surface area (Å²) in [5.41, 5.74) is -2.43. The summed E-state index contributed by atoms with van der Waals surface area (Å²) in [6.45, 7) is 1.27. The van der Waals surface area contributed by atoms with Gasteiger partial charge in [-0.25, -0.2) is 26.7 Å². The molecule has 0 radical (unpaired) electrons. The van der Waals surface area contributed by atoms with Gasteiger partial charge in [-0.1, -0.05) is 0 Å².